The van der Waals surface area contributed by atoms with Crippen LogP contribution < -0.4 is 0 Å². The normalized spacial score (nSPS) is 23.4. The highest BCUT2D eigenvalue weighted by Crippen LogP contribution is 2.41. The molecule has 0 bridgehead atoms. The molecule has 0 radical (unpaired) electrons. The van der Waals surface area contributed by atoms with Gasteiger partial charge in [0.05, 0.1) is 11.1 Å². The molecule has 2 atom stereocenters. The number of carbonyl (C=O) groups is 2. The molecule has 2 aromatic rings. The lowest BCUT2D eigenvalue weighted by atomic mass is 9.93. The number of hydrogen-bond acceptors (Lipinski definition) is 2. The van der Waals surface area contributed by atoms with Gasteiger partial charge in [-0.25, -0.2) is 0 Å². The molecule has 1 heterocycles. The van der Waals surface area contributed by atoms with E-state index in [1.165, 1.54) is 10.5 Å². The molecule has 0 N–H and O–H groups in total. The van der Waals surface area contributed by atoms with Crippen LogP contribution in [0.15, 0.2) is 53.0 Å². The van der Waals surface area contributed by atoms with Gasteiger partial charge in [0, 0.05) is 16.4 Å². The third-order valence-electron chi connectivity index (χ3n) is 4.91. The molecule has 4 rings (SSSR count). The fourth-order valence-electron chi connectivity index (χ4n) is 3.88. The van der Waals surface area contributed by atoms with E-state index in [2.05, 4.69) is 28.1 Å². The van der Waals surface area contributed by atoms with Crippen LogP contribution in [-0.4, -0.2) is 22.8 Å². The van der Waals surface area contributed by atoms with Crippen LogP contribution in [-0.2, 0) is 0 Å². The molecular formula is C19H16BrNO2. The zero-order chi connectivity index (χ0) is 16.0. The van der Waals surface area contributed by atoms with Crippen LogP contribution in [0.5, 0.6) is 0 Å². The highest BCUT2D eigenvalue weighted by molar-refractivity contribution is 9.10. The maximum Gasteiger partial charge on any atom is 0.261 e. The minimum absolute atomic E-state index is 0.0447. The quantitative estimate of drug-likeness (QED) is 0.736. The smallest absolute Gasteiger partial charge is 0.261 e. The van der Waals surface area contributed by atoms with Crippen molar-refractivity contribution < 1.29 is 9.59 Å². The molecule has 1 aliphatic carbocycles. The van der Waals surface area contributed by atoms with Crippen LogP contribution >= 0.6 is 15.9 Å². The Morgan fingerprint density at radius 2 is 1.61 bits per heavy atom. The van der Waals surface area contributed by atoms with Gasteiger partial charge in [0.15, 0.2) is 0 Å². The van der Waals surface area contributed by atoms with Crippen molar-refractivity contribution in [3.63, 3.8) is 0 Å². The molecule has 1 fully saturated rings. The number of hydrogen-bond donors (Lipinski definition) is 0. The summed E-state index contributed by atoms with van der Waals surface area (Å²) in [4.78, 5) is 27.0. The van der Waals surface area contributed by atoms with Crippen LogP contribution in [0.4, 0.5) is 0 Å². The fraction of sp³-hybridized carbons (Fsp3) is 0.263. The van der Waals surface area contributed by atoms with Gasteiger partial charge in [-0.15, -0.1) is 0 Å². The van der Waals surface area contributed by atoms with Crippen molar-refractivity contribution in [1.82, 2.24) is 4.90 Å². The molecule has 1 saturated carbocycles. The van der Waals surface area contributed by atoms with Gasteiger partial charge >= 0.3 is 0 Å². The Bertz CT molecular complexity index is 766. The molecule has 2 unspecified atom stereocenters. The molecule has 0 spiro atoms. The zero-order valence-corrected chi connectivity index (χ0v) is 14.1. The number of imide groups is 1. The van der Waals surface area contributed by atoms with Crippen LogP contribution in [0.1, 0.15) is 51.5 Å². The van der Waals surface area contributed by atoms with E-state index in [0.717, 1.165) is 23.7 Å². The lowest BCUT2D eigenvalue weighted by Gasteiger charge is -2.28. The van der Waals surface area contributed by atoms with E-state index < -0.39 is 0 Å². The Hall–Kier alpha value is -1.94. The standard InChI is InChI=1S/C19H16BrNO2/c20-13-6-3-5-12(11-13)14-9-4-10-17(14)21-18(22)15-7-1-2-8-16(15)19(21)23/h1-3,5-8,11,14,17H,4,9-10H2. The second kappa shape index (κ2) is 5.60. The van der Waals surface area contributed by atoms with Gasteiger partial charge in [-0.3, -0.25) is 14.5 Å². The summed E-state index contributed by atoms with van der Waals surface area (Å²) >= 11 is 3.51. The Morgan fingerprint density at radius 3 is 2.26 bits per heavy atom. The van der Waals surface area contributed by atoms with Crippen molar-refractivity contribution in [2.75, 3.05) is 0 Å². The molecular weight excluding hydrogens is 354 g/mol. The Kier molecular flexibility index (Phi) is 3.57. The first kappa shape index (κ1) is 14.6. The van der Waals surface area contributed by atoms with Crippen molar-refractivity contribution in [3.8, 4) is 0 Å². The first-order valence-electron chi connectivity index (χ1n) is 7.89. The first-order valence-corrected chi connectivity index (χ1v) is 8.68. The predicted octanol–water partition coefficient (Wildman–Crippen LogP) is 4.38. The maximum absolute atomic E-state index is 12.7. The lowest BCUT2D eigenvalue weighted by Crippen LogP contribution is -2.41. The van der Waals surface area contributed by atoms with Crippen molar-refractivity contribution in [2.45, 2.75) is 31.2 Å². The lowest BCUT2D eigenvalue weighted by molar-refractivity contribution is 0.0574. The molecule has 2 aromatic carbocycles. The minimum atomic E-state index is -0.141. The Labute approximate surface area is 143 Å². The van der Waals surface area contributed by atoms with Gasteiger partial charge in [0.1, 0.15) is 0 Å². The van der Waals surface area contributed by atoms with E-state index in [9.17, 15) is 9.59 Å². The van der Waals surface area contributed by atoms with Crippen molar-refractivity contribution in [2.24, 2.45) is 0 Å². The topological polar surface area (TPSA) is 37.4 Å². The van der Waals surface area contributed by atoms with E-state index in [0.29, 0.717) is 11.1 Å². The summed E-state index contributed by atoms with van der Waals surface area (Å²) in [6.45, 7) is 0. The summed E-state index contributed by atoms with van der Waals surface area (Å²) in [6.07, 6.45) is 2.92. The van der Waals surface area contributed by atoms with E-state index >= 15 is 0 Å². The van der Waals surface area contributed by atoms with Crippen LogP contribution in [0, 0.1) is 0 Å². The molecule has 1 aliphatic heterocycles. The summed E-state index contributed by atoms with van der Waals surface area (Å²) in [5.74, 6) is -0.0651. The fourth-order valence-corrected chi connectivity index (χ4v) is 4.30. The zero-order valence-electron chi connectivity index (χ0n) is 12.5. The number of benzene rings is 2. The van der Waals surface area contributed by atoms with Gasteiger partial charge in [-0.1, -0.05) is 46.6 Å². The van der Waals surface area contributed by atoms with Crippen molar-refractivity contribution in [3.05, 3.63) is 69.7 Å². The van der Waals surface area contributed by atoms with Crippen molar-refractivity contribution >= 4 is 27.7 Å². The van der Waals surface area contributed by atoms with Crippen LogP contribution in [0.25, 0.3) is 0 Å². The molecule has 0 saturated heterocycles. The SMILES string of the molecule is O=C1c2ccccc2C(=O)N1C1CCCC1c1cccc(Br)c1. The number of halogens is 1. The van der Waals surface area contributed by atoms with Gasteiger partial charge in [0.25, 0.3) is 11.8 Å². The number of carbonyl (C=O) groups excluding carboxylic acids is 2. The molecule has 4 heteroatoms. The molecule has 2 amide bonds. The van der Waals surface area contributed by atoms with Crippen LogP contribution in [0.3, 0.4) is 0 Å². The van der Waals surface area contributed by atoms with Crippen LogP contribution in [0.2, 0.25) is 0 Å². The van der Waals surface area contributed by atoms with E-state index in [1.54, 1.807) is 12.1 Å². The van der Waals surface area contributed by atoms with E-state index in [1.807, 2.05) is 24.3 Å². The Balaban J connectivity index is 1.71. The number of amides is 2. The highest BCUT2D eigenvalue weighted by atomic mass is 79.9. The minimum Gasteiger partial charge on any atom is -0.271 e. The third kappa shape index (κ3) is 2.32. The molecule has 0 aromatic heterocycles. The first-order chi connectivity index (χ1) is 11.2. The molecule has 3 nitrogen and oxygen atoms in total. The average molecular weight is 370 g/mol. The second-order valence-electron chi connectivity index (χ2n) is 6.19. The number of nitrogens with zero attached hydrogens (tertiary/aromatic N) is 1. The summed E-state index contributed by atoms with van der Waals surface area (Å²) in [6, 6.07) is 15.3. The monoisotopic (exact) mass is 369 g/mol. The number of fused-ring (bicyclic) bond motifs is 1. The highest BCUT2D eigenvalue weighted by Gasteiger charge is 2.44. The van der Waals surface area contributed by atoms with Gasteiger partial charge in [0.2, 0.25) is 0 Å². The maximum atomic E-state index is 12.7. The molecule has 23 heavy (non-hydrogen) atoms. The van der Waals surface area contributed by atoms with Crippen molar-refractivity contribution in [1.29, 1.82) is 0 Å². The average Bonchev–Trinajstić information content (AvgIpc) is 3.12. The van der Waals surface area contributed by atoms with Gasteiger partial charge < -0.3 is 0 Å². The van der Waals surface area contributed by atoms with Gasteiger partial charge in [-0.05, 0) is 42.7 Å². The van der Waals surface area contributed by atoms with E-state index in [4.69, 9.17) is 0 Å². The summed E-state index contributed by atoms with van der Waals surface area (Å²) in [5, 5.41) is 0. The predicted molar refractivity (Wildman–Crippen MR) is 91.5 cm³/mol. The molecule has 116 valence electrons. The molecule has 2 aliphatic rings. The summed E-state index contributed by atoms with van der Waals surface area (Å²) < 4.78 is 1.03. The summed E-state index contributed by atoms with van der Waals surface area (Å²) in [7, 11) is 0. The number of rotatable bonds is 2. The van der Waals surface area contributed by atoms with E-state index in [-0.39, 0.29) is 23.8 Å². The third-order valence-corrected chi connectivity index (χ3v) is 5.41. The largest absolute Gasteiger partial charge is 0.271 e. The summed E-state index contributed by atoms with van der Waals surface area (Å²) in [5.41, 5.74) is 2.27. The van der Waals surface area contributed by atoms with Gasteiger partial charge in [-0.2, -0.15) is 0 Å². The second-order valence-corrected chi connectivity index (χ2v) is 7.10. The Morgan fingerprint density at radius 1 is 0.913 bits per heavy atom.